The Morgan fingerprint density at radius 3 is 1.60 bits per heavy atom. The van der Waals surface area contributed by atoms with Crippen LogP contribution in [0, 0.1) is 0 Å². The first-order valence-electron chi connectivity index (χ1n) is 21.4. The standard InChI is InChI=1S/C58H56N2/c1-56(2,3)41-29-31-45(32-30-41)59(46-33-34-50-48-23-13-16-28-53(48)60(54(50)38-46)44-21-11-10-12-22-44)52-27-15-14-24-49(52)51-26-18-20-39-19-17-25-47(55(39)51)40-35-42(57(4,5)6)37-43(36-40)58(7,8)9/h10-38H,1-9H3. The van der Waals surface area contributed by atoms with Crippen LogP contribution in [0.3, 0.4) is 0 Å². The Kier molecular flexibility index (Phi) is 9.59. The van der Waals surface area contributed by atoms with Crippen LogP contribution in [0.5, 0.6) is 0 Å². The van der Waals surface area contributed by atoms with Crippen molar-refractivity contribution in [1.82, 2.24) is 4.57 Å². The van der Waals surface area contributed by atoms with Crippen molar-refractivity contribution in [3.8, 4) is 27.9 Å². The van der Waals surface area contributed by atoms with Gasteiger partial charge in [-0.1, -0.05) is 190 Å². The Balaban J connectivity index is 1.31. The van der Waals surface area contributed by atoms with Gasteiger partial charge in [-0.3, -0.25) is 0 Å². The molecule has 1 aromatic heterocycles. The van der Waals surface area contributed by atoms with Gasteiger partial charge in [-0.05, 0) is 109 Å². The zero-order chi connectivity index (χ0) is 42.0. The molecule has 0 unspecified atom stereocenters. The van der Waals surface area contributed by atoms with Crippen molar-refractivity contribution < 1.29 is 0 Å². The van der Waals surface area contributed by atoms with Crippen molar-refractivity contribution in [2.45, 2.75) is 78.6 Å². The molecule has 2 heteroatoms. The quantitative estimate of drug-likeness (QED) is 0.163. The molecule has 0 aliphatic carbocycles. The molecule has 8 aromatic carbocycles. The number of aromatic nitrogens is 1. The van der Waals surface area contributed by atoms with Crippen LogP contribution < -0.4 is 4.90 Å². The number of rotatable bonds is 6. The van der Waals surface area contributed by atoms with Gasteiger partial charge in [0.15, 0.2) is 0 Å². The first kappa shape index (κ1) is 39.1. The number of hydrogen-bond donors (Lipinski definition) is 0. The maximum Gasteiger partial charge on any atom is 0.0561 e. The van der Waals surface area contributed by atoms with E-state index in [2.05, 4.69) is 248 Å². The highest BCUT2D eigenvalue weighted by atomic mass is 15.1. The number of para-hydroxylation sites is 3. The van der Waals surface area contributed by atoms with Gasteiger partial charge in [0.2, 0.25) is 0 Å². The molecule has 0 bridgehead atoms. The molecule has 0 amide bonds. The maximum absolute atomic E-state index is 2.47. The maximum atomic E-state index is 2.47. The molecule has 0 saturated carbocycles. The van der Waals surface area contributed by atoms with Crippen LogP contribution >= 0.6 is 0 Å². The first-order valence-corrected chi connectivity index (χ1v) is 21.4. The average molecular weight is 781 g/mol. The van der Waals surface area contributed by atoms with E-state index in [1.807, 2.05) is 0 Å². The highest BCUT2D eigenvalue weighted by Crippen LogP contribution is 2.47. The third-order valence-electron chi connectivity index (χ3n) is 12.2. The Hall–Kier alpha value is -6.38. The fourth-order valence-corrected chi connectivity index (χ4v) is 8.84. The van der Waals surface area contributed by atoms with E-state index in [0.29, 0.717) is 0 Å². The van der Waals surface area contributed by atoms with Crippen LogP contribution in [0.2, 0.25) is 0 Å². The molecule has 1 heterocycles. The summed E-state index contributed by atoms with van der Waals surface area (Å²) in [5.74, 6) is 0. The lowest BCUT2D eigenvalue weighted by Gasteiger charge is -2.29. The lowest BCUT2D eigenvalue weighted by Crippen LogP contribution is -2.16. The number of hydrogen-bond acceptors (Lipinski definition) is 1. The van der Waals surface area contributed by atoms with Gasteiger partial charge in [-0.25, -0.2) is 0 Å². The molecule has 0 aliphatic heterocycles. The van der Waals surface area contributed by atoms with Crippen LogP contribution in [0.1, 0.15) is 79.0 Å². The summed E-state index contributed by atoms with van der Waals surface area (Å²) in [6.07, 6.45) is 0. The van der Waals surface area contributed by atoms with E-state index in [4.69, 9.17) is 0 Å². The molecular weight excluding hydrogens is 725 g/mol. The van der Waals surface area contributed by atoms with Crippen LogP contribution in [0.25, 0.3) is 60.5 Å². The highest BCUT2D eigenvalue weighted by molar-refractivity contribution is 6.12. The van der Waals surface area contributed by atoms with Gasteiger partial charge < -0.3 is 9.47 Å². The zero-order valence-corrected chi connectivity index (χ0v) is 36.6. The second kappa shape index (κ2) is 14.7. The minimum absolute atomic E-state index is 0.00633. The molecule has 9 aromatic rings. The average Bonchev–Trinajstić information content (AvgIpc) is 3.56. The molecule has 0 spiro atoms. The molecule has 298 valence electrons. The zero-order valence-electron chi connectivity index (χ0n) is 36.6. The van der Waals surface area contributed by atoms with Crippen LogP contribution in [-0.2, 0) is 16.2 Å². The molecule has 0 N–H and O–H groups in total. The normalized spacial score (nSPS) is 12.4. The number of fused-ring (bicyclic) bond motifs is 4. The Labute approximate surface area is 356 Å². The van der Waals surface area contributed by atoms with Crippen molar-refractivity contribution in [3.05, 3.63) is 193 Å². The SMILES string of the molecule is CC(C)(C)c1ccc(N(c2ccc3c4ccccc4n(-c4ccccc4)c3c2)c2ccccc2-c2cccc3cccc(-c4cc(C(C)(C)C)cc(C(C)(C)C)c4)c23)cc1. The molecular formula is C58H56N2. The van der Waals surface area contributed by atoms with E-state index in [1.54, 1.807) is 0 Å². The Morgan fingerprint density at radius 1 is 0.383 bits per heavy atom. The summed E-state index contributed by atoms with van der Waals surface area (Å²) >= 11 is 0. The second-order valence-electron chi connectivity index (χ2n) is 19.5. The predicted molar refractivity (Wildman–Crippen MR) is 260 cm³/mol. The lowest BCUT2D eigenvalue weighted by atomic mass is 9.78. The summed E-state index contributed by atoms with van der Waals surface area (Å²) < 4.78 is 2.41. The van der Waals surface area contributed by atoms with Gasteiger partial charge in [0.25, 0.3) is 0 Å². The van der Waals surface area contributed by atoms with E-state index in [9.17, 15) is 0 Å². The Morgan fingerprint density at radius 2 is 0.933 bits per heavy atom. The lowest BCUT2D eigenvalue weighted by molar-refractivity contribution is 0.569. The fraction of sp³-hybridized carbons (Fsp3) is 0.207. The van der Waals surface area contributed by atoms with Gasteiger partial charge >= 0.3 is 0 Å². The van der Waals surface area contributed by atoms with Gasteiger partial charge in [-0.15, -0.1) is 0 Å². The summed E-state index contributed by atoms with van der Waals surface area (Å²) in [7, 11) is 0. The van der Waals surface area contributed by atoms with E-state index in [0.717, 1.165) is 22.7 Å². The van der Waals surface area contributed by atoms with Crippen molar-refractivity contribution in [3.63, 3.8) is 0 Å². The number of nitrogens with zero attached hydrogens (tertiary/aromatic N) is 2. The molecule has 2 nitrogen and oxygen atoms in total. The van der Waals surface area contributed by atoms with Gasteiger partial charge in [0.05, 0.1) is 16.7 Å². The summed E-state index contributed by atoms with van der Waals surface area (Å²) in [5, 5.41) is 4.98. The van der Waals surface area contributed by atoms with Gasteiger partial charge in [0, 0.05) is 33.4 Å². The van der Waals surface area contributed by atoms with Gasteiger partial charge in [-0.2, -0.15) is 0 Å². The molecule has 0 saturated heterocycles. The Bertz CT molecular complexity index is 2980. The van der Waals surface area contributed by atoms with Crippen LogP contribution in [0.15, 0.2) is 176 Å². The first-order chi connectivity index (χ1) is 28.7. The van der Waals surface area contributed by atoms with E-state index in [-0.39, 0.29) is 16.2 Å². The number of anilines is 3. The van der Waals surface area contributed by atoms with E-state index in [1.165, 1.54) is 71.5 Å². The smallest absolute Gasteiger partial charge is 0.0561 e. The second-order valence-corrected chi connectivity index (χ2v) is 19.5. The van der Waals surface area contributed by atoms with E-state index >= 15 is 0 Å². The van der Waals surface area contributed by atoms with E-state index < -0.39 is 0 Å². The van der Waals surface area contributed by atoms with Crippen molar-refractivity contribution >= 4 is 49.6 Å². The molecule has 0 aliphatic rings. The largest absolute Gasteiger partial charge is 0.310 e. The summed E-state index contributed by atoms with van der Waals surface area (Å²) in [6.45, 7) is 20.8. The molecule has 60 heavy (non-hydrogen) atoms. The monoisotopic (exact) mass is 780 g/mol. The topological polar surface area (TPSA) is 8.17 Å². The van der Waals surface area contributed by atoms with Crippen molar-refractivity contribution in [1.29, 1.82) is 0 Å². The summed E-state index contributed by atoms with van der Waals surface area (Å²) in [5.41, 5.74) is 15.9. The summed E-state index contributed by atoms with van der Waals surface area (Å²) in [6, 6.07) is 65.6. The minimum Gasteiger partial charge on any atom is -0.310 e. The van der Waals surface area contributed by atoms with Crippen LogP contribution in [0.4, 0.5) is 17.1 Å². The fourth-order valence-electron chi connectivity index (χ4n) is 8.84. The number of benzene rings is 8. The third kappa shape index (κ3) is 7.09. The van der Waals surface area contributed by atoms with Crippen molar-refractivity contribution in [2.24, 2.45) is 0 Å². The molecule has 0 fully saturated rings. The minimum atomic E-state index is 0.00633. The van der Waals surface area contributed by atoms with Crippen LogP contribution in [-0.4, -0.2) is 4.57 Å². The predicted octanol–water partition coefficient (Wildman–Crippen LogP) is 16.6. The third-order valence-corrected chi connectivity index (χ3v) is 12.2. The van der Waals surface area contributed by atoms with Gasteiger partial charge in [0.1, 0.15) is 0 Å². The molecule has 9 rings (SSSR count). The van der Waals surface area contributed by atoms with Crippen molar-refractivity contribution in [2.75, 3.05) is 4.90 Å². The highest BCUT2D eigenvalue weighted by Gasteiger charge is 2.25. The summed E-state index contributed by atoms with van der Waals surface area (Å²) in [4.78, 5) is 2.47. The molecule has 0 atom stereocenters. The molecule has 0 radical (unpaired) electrons.